The average Bonchev–Trinajstić information content (AvgIpc) is 2.77. The largest absolute Gasteiger partial charge is 0.468 e. The molecule has 0 aliphatic carbocycles. The predicted octanol–water partition coefficient (Wildman–Crippen LogP) is 3.14. The highest BCUT2D eigenvalue weighted by Gasteiger charge is 2.20. The van der Waals surface area contributed by atoms with Crippen molar-refractivity contribution in [2.75, 3.05) is 13.7 Å². The summed E-state index contributed by atoms with van der Waals surface area (Å²) >= 11 is 0. The maximum atomic E-state index is 5.44. The van der Waals surface area contributed by atoms with Gasteiger partial charge < -0.3 is 14.5 Å². The number of hydrogen-bond acceptors (Lipinski definition) is 3. The summed E-state index contributed by atoms with van der Waals surface area (Å²) in [5.41, 5.74) is -0.0692. The monoisotopic (exact) mass is 225 g/mol. The van der Waals surface area contributed by atoms with Gasteiger partial charge in [-0.05, 0) is 45.4 Å². The van der Waals surface area contributed by atoms with Crippen LogP contribution in [-0.2, 0) is 4.74 Å². The smallest absolute Gasteiger partial charge is 0.120 e. The molecular weight excluding hydrogens is 202 g/mol. The maximum absolute atomic E-state index is 5.44. The molecule has 1 aromatic rings. The van der Waals surface area contributed by atoms with E-state index < -0.39 is 0 Å². The quantitative estimate of drug-likeness (QED) is 0.774. The lowest BCUT2D eigenvalue weighted by Crippen LogP contribution is -2.27. The summed E-state index contributed by atoms with van der Waals surface area (Å²) in [7, 11) is 1.76. The van der Waals surface area contributed by atoms with Crippen molar-refractivity contribution >= 4 is 0 Å². The first kappa shape index (κ1) is 13.3. The molecule has 1 rings (SSSR count). The van der Waals surface area contributed by atoms with Gasteiger partial charge in [-0.1, -0.05) is 6.92 Å². The topological polar surface area (TPSA) is 34.4 Å². The van der Waals surface area contributed by atoms with Gasteiger partial charge in [0.2, 0.25) is 0 Å². The van der Waals surface area contributed by atoms with Crippen LogP contribution in [-0.4, -0.2) is 19.3 Å². The van der Waals surface area contributed by atoms with E-state index in [1.54, 1.807) is 13.4 Å². The Bertz CT molecular complexity index is 280. The predicted molar refractivity (Wildman–Crippen MR) is 65.4 cm³/mol. The highest BCUT2D eigenvalue weighted by molar-refractivity contribution is 5.04. The molecule has 0 aliphatic heterocycles. The van der Waals surface area contributed by atoms with Gasteiger partial charge in [0, 0.05) is 7.11 Å². The van der Waals surface area contributed by atoms with Crippen molar-refractivity contribution in [3.05, 3.63) is 24.2 Å². The van der Waals surface area contributed by atoms with Crippen molar-refractivity contribution < 1.29 is 9.15 Å². The van der Waals surface area contributed by atoms with Gasteiger partial charge in [0.1, 0.15) is 5.76 Å². The molecule has 0 aromatic carbocycles. The molecule has 1 N–H and O–H groups in total. The summed E-state index contributed by atoms with van der Waals surface area (Å²) in [6.07, 6.45) is 3.74. The lowest BCUT2D eigenvalue weighted by molar-refractivity contribution is 0.0112. The standard InChI is InChI=1S/C13H23NO2/c1-5-14-11(12-7-6-10-16-12)8-9-13(2,3)15-4/h6-7,10-11,14H,5,8-9H2,1-4H3. The molecule has 0 saturated heterocycles. The third kappa shape index (κ3) is 3.99. The van der Waals surface area contributed by atoms with E-state index in [0.717, 1.165) is 25.1 Å². The van der Waals surface area contributed by atoms with Crippen LogP contribution < -0.4 is 5.32 Å². The summed E-state index contributed by atoms with van der Waals surface area (Å²) in [6.45, 7) is 7.27. The Kier molecular flexibility index (Phi) is 5.03. The second-order valence-electron chi connectivity index (χ2n) is 4.63. The fourth-order valence-electron chi connectivity index (χ4n) is 1.67. The maximum Gasteiger partial charge on any atom is 0.120 e. The molecule has 0 amide bonds. The van der Waals surface area contributed by atoms with Crippen LogP contribution in [0.15, 0.2) is 22.8 Å². The average molecular weight is 225 g/mol. The summed E-state index contributed by atoms with van der Waals surface area (Å²) in [4.78, 5) is 0. The first-order valence-electron chi connectivity index (χ1n) is 5.91. The molecule has 0 radical (unpaired) electrons. The van der Waals surface area contributed by atoms with E-state index in [1.165, 1.54) is 0 Å². The van der Waals surface area contributed by atoms with Crippen LogP contribution in [0.5, 0.6) is 0 Å². The zero-order chi connectivity index (χ0) is 12.0. The van der Waals surface area contributed by atoms with Crippen LogP contribution in [0, 0.1) is 0 Å². The molecule has 0 saturated carbocycles. The molecule has 0 fully saturated rings. The fourth-order valence-corrected chi connectivity index (χ4v) is 1.67. The van der Waals surface area contributed by atoms with E-state index in [9.17, 15) is 0 Å². The first-order valence-corrected chi connectivity index (χ1v) is 5.91. The Hall–Kier alpha value is -0.800. The molecule has 0 bridgehead atoms. The highest BCUT2D eigenvalue weighted by Crippen LogP contribution is 2.24. The van der Waals surface area contributed by atoms with Crippen LogP contribution >= 0.6 is 0 Å². The van der Waals surface area contributed by atoms with E-state index in [2.05, 4.69) is 26.1 Å². The molecule has 0 spiro atoms. The van der Waals surface area contributed by atoms with Gasteiger partial charge in [-0.25, -0.2) is 0 Å². The van der Waals surface area contributed by atoms with Crippen LogP contribution in [0.1, 0.15) is 45.4 Å². The van der Waals surface area contributed by atoms with Gasteiger partial charge in [-0.15, -0.1) is 0 Å². The Morgan fingerprint density at radius 3 is 2.75 bits per heavy atom. The molecule has 3 heteroatoms. The molecule has 1 aromatic heterocycles. The van der Waals surface area contributed by atoms with Crippen LogP contribution in [0.4, 0.5) is 0 Å². The van der Waals surface area contributed by atoms with Gasteiger partial charge in [0.25, 0.3) is 0 Å². The van der Waals surface area contributed by atoms with Crippen molar-refractivity contribution in [3.8, 4) is 0 Å². The molecule has 1 heterocycles. The van der Waals surface area contributed by atoms with Crippen molar-refractivity contribution in [3.63, 3.8) is 0 Å². The van der Waals surface area contributed by atoms with E-state index >= 15 is 0 Å². The first-order chi connectivity index (χ1) is 7.59. The van der Waals surface area contributed by atoms with Gasteiger partial charge in [-0.2, -0.15) is 0 Å². The molecule has 0 aliphatic rings. The summed E-state index contributed by atoms with van der Waals surface area (Å²) in [5, 5.41) is 3.43. The van der Waals surface area contributed by atoms with E-state index in [0.29, 0.717) is 0 Å². The number of rotatable bonds is 7. The Morgan fingerprint density at radius 1 is 1.50 bits per heavy atom. The van der Waals surface area contributed by atoms with Gasteiger partial charge >= 0.3 is 0 Å². The van der Waals surface area contributed by atoms with Gasteiger partial charge in [0.15, 0.2) is 0 Å². The molecule has 16 heavy (non-hydrogen) atoms. The zero-order valence-electron chi connectivity index (χ0n) is 10.7. The SMILES string of the molecule is CCNC(CCC(C)(C)OC)c1ccco1. The summed E-state index contributed by atoms with van der Waals surface area (Å²) in [6, 6.07) is 4.24. The van der Waals surface area contributed by atoms with E-state index in [-0.39, 0.29) is 11.6 Å². The van der Waals surface area contributed by atoms with Crippen LogP contribution in [0.2, 0.25) is 0 Å². The van der Waals surface area contributed by atoms with Crippen molar-refractivity contribution in [1.82, 2.24) is 5.32 Å². The Labute approximate surface area is 98.2 Å². The Morgan fingerprint density at radius 2 is 2.25 bits per heavy atom. The third-order valence-electron chi connectivity index (χ3n) is 2.92. The molecule has 1 unspecified atom stereocenters. The molecule has 92 valence electrons. The van der Waals surface area contributed by atoms with Crippen LogP contribution in [0.25, 0.3) is 0 Å². The molecule has 1 atom stereocenters. The van der Waals surface area contributed by atoms with Crippen molar-refractivity contribution in [2.24, 2.45) is 0 Å². The minimum Gasteiger partial charge on any atom is -0.468 e. The van der Waals surface area contributed by atoms with E-state index in [1.807, 2.05) is 12.1 Å². The number of nitrogens with one attached hydrogen (secondary N) is 1. The number of hydrogen-bond donors (Lipinski definition) is 1. The fraction of sp³-hybridized carbons (Fsp3) is 0.692. The van der Waals surface area contributed by atoms with Crippen LogP contribution in [0.3, 0.4) is 0 Å². The lowest BCUT2D eigenvalue weighted by Gasteiger charge is -2.25. The zero-order valence-corrected chi connectivity index (χ0v) is 10.7. The molecule has 3 nitrogen and oxygen atoms in total. The second-order valence-corrected chi connectivity index (χ2v) is 4.63. The number of methoxy groups -OCH3 is 1. The van der Waals surface area contributed by atoms with E-state index in [4.69, 9.17) is 9.15 Å². The minimum absolute atomic E-state index is 0.0692. The van der Waals surface area contributed by atoms with Crippen molar-refractivity contribution in [1.29, 1.82) is 0 Å². The molecular formula is C13H23NO2. The van der Waals surface area contributed by atoms with Crippen molar-refractivity contribution in [2.45, 2.75) is 45.3 Å². The Balaban J connectivity index is 2.53. The number of furan rings is 1. The normalized spacial score (nSPS) is 14.0. The van der Waals surface area contributed by atoms with Gasteiger partial charge in [0.05, 0.1) is 17.9 Å². The summed E-state index contributed by atoms with van der Waals surface area (Å²) in [5.74, 6) is 1.01. The second kappa shape index (κ2) is 6.06. The highest BCUT2D eigenvalue weighted by atomic mass is 16.5. The minimum atomic E-state index is -0.0692. The number of ether oxygens (including phenoxy) is 1. The van der Waals surface area contributed by atoms with Gasteiger partial charge in [-0.3, -0.25) is 0 Å². The third-order valence-corrected chi connectivity index (χ3v) is 2.92. The summed E-state index contributed by atoms with van der Waals surface area (Å²) < 4.78 is 10.9. The lowest BCUT2D eigenvalue weighted by atomic mass is 9.98.